The number of hydrogen-bond acceptors (Lipinski definition) is 3. The fourth-order valence-corrected chi connectivity index (χ4v) is 1.68. The van der Waals surface area contributed by atoms with Gasteiger partial charge in [-0.3, -0.25) is 4.79 Å². The zero-order valence-corrected chi connectivity index (χ0v) is 8.07. The third-order valence-corrected chi connectivity index (χ3v) is 2.39. The molecule has 1 N–H and O–H groups in total. The van der Waals surface area contributed by atoms with Gasteiger partial charge in [0, 0.05) is 31.0 Å². The summed E-state index contributed by atoms with van der Waals surface area (Å²) in [6, 6.07) is 0. The van der Waals surface area contributed by atoms with Crippen molar-refractivity contribution in [2.45, 2.75) is 20.3 Å². The molecule has 0 saturated carbocycles. The number of nitrogens with one attached hydrogen (secondary N) is 1. The molecule has 1 amide bonds. The van der Waals surface area contributed by atoms with E-state index in [4.69, 9.17) is 0 Å². The molecule has 1 heterocycles. The molecule has 12 heavy (non-hydrogen) atoms. The first kappa shape index (κ1) is 9.19. The SMILES string of the molecule is CC(=O)NCCc1cnc(C)s1. The van der Waals surface area contributed by atoms with Crippen molar-refractivity contribution in [1.29, 1.82) is 0 Å². The molecule has 1 aromatic rings. The van der Waals surface area contributed by atoms with Gasteiger partial charge >= 0.3 is 0 Å². The lowest BCUT2D eigenvalue weighted by Crippen LogP contribution is -2.22. The first-order chi connectivity index (χ1) is 5.68. The van der Waals surface area contributed by atoms with Crippen LogP contribution >= 0.6 is 11.3 Å². The van der Waals surface area contributed by atoms with Gasteiger partial charge in [-0.15, -0.1) is 11.3 Å². The van der Waals surface area contributed by atoms with E-state index in [-0.39, 0.29) is 5.91 Å². The predicted molar refractivity (Wildman–Crippen MR) is 49.2 cm³/mol. The van der Waals surface area contributed by atoms with E-state index in [9.17, 15) is 4.79 Å². The summed E-state index contributed by atoms with van der Waals surface area (Å²) in [5, 5.41) is 3.82. The highest BCUT2D eigenvalue weighted by molar-refractivity contribution is 7.11. The van der Waals surface area contributed by atoms with Crippen LogP contribution in [-0.4, -0.2) is 17.4 Å². The van der Waals surface area contributed by atoms with Crippen LogP contribution in [0, 0.1) is 6.92 Å². The molecule has 0 aliphatic heterocycles. The van der Waals surface area contributed by atoms with Gasteiger partial charge < -0.3 is 5.32 Å². The van der Waals surface area contributed by atoms with Crippen LogP contribution in [0.15, 0.2) is 6.20 Å². The van der Waals surface area contributed by atoms with Gasteiger partial charge in [0.2, 0.25) is 5.91 Å². The van der Waals surface area contributed by atoms with E-state index in [1.807, 2.05) is 13.1 Å². The maximum absolute atomic E-state index is 10.5. The monoisotopic (exact) mass is 184 g/mol. The highest BCUT2D eigenvalue weighted by atomic mass is 32.1. The number of carbonyl (C=O) groups excluding carboxylic acids is 1. The molecule has 66 valence electrons. The van der Waals surface area contributed by atoms with Crippen molar-refractivity contribution >= 4 is 17.2 Å². The molecule has 0 fully saturated rings. The van der Waals surface area contributed by atoms with Gasteiger partial charge in [0.1, 0.15) is 0 Å². The molecule has 1 aromatic heterocycles. The Labute approximate surface area is 75.8 Å². The van der Waals surface area contributed by atoms with Crippen molar-refractivity contribution in [3.05, 3.63) is 16.1 Å². The summed E-state index contributed by atoms with van der Waals surface area (Å²) >= 11 is 1.68. The summed E-state index contributed by atoms with van der Waals surface area (Å²) in [4.78, 5) is 15.9. The van der Waals surface area contributed by atoms with Gasteiger partial charge in [0.25, 0.3) is 0 Å². The van der Waals surface area contributed by atoms with Crippen LogP contribution < -0.4 is 5.32 Å². The van der Waals surface area contributed by atoms with Crippen LogP contribution in [0.2, 0.25) is 0 Å². The average Bonchev–Trinajstić information content (AvgIpc) is 2.35. The molecule has 3 nitrogen and oxygen atoms in total. The quantitative estimate of drug-likeness (QED) is 0.765. The number of rotatable bonds is 3. The van der Waals surface area contributed by atoms with Crippen LogP contribution in [0.1, 0.15) is 16.8 Å². The zero-order valence-electron chi connectivity index (χ0n) is 7.26. The third-order valence-electron chi connectivity index (χ3n) is 1.41. The van der Waals surface area contributed by atoms with Crippen LogP contribution in [0.4, 0.5) is 0 Å². The summed E-state index contributed by atoms with van der Waals surface area (Å²) in [5.41, 5.74) is 0. The normalized spacial score (nSPS) is 9.83. The molecule has 0 aliphatic rings. The molecule has 0 bridgehead atoms. The van der Waals surface area contributed by atoms with Gasteiger partial charge in [-0.1, -0.05) is 0 Å². The Kier molecular flexibility index (Phi) is 3.22. The Morgan fingerprint density at radius 3 is 3.00 bits per heavy atom. The number of amides is 1. The molecule has 0 spiro atoms. The molecule has 4 heteroatoms. The third kappa shape index (κ3) is 3.00. The molecular formula is C8H12N2OS. The number of nitrogens with zero attached hydrogens (tertiary/aromatic N) is 1. The van der Waals surface area contributed by atoms with Gasteiger partial charge in [-0.25, -0.2) is 4.98 Å². The second-order valence-corrected chi connectivity index (χ2v) is 3.90. The molecular weight excluding hydrogens is 172 g/mol. The Hall–Kier alpha value is -0.900. The van der Waals surface area contributed by atoms with Crippen LogP contribution in [0.25, 0.3) is 0 Å². The minimum absolute atomic E-state index is 0.0243. The minimum atomic E-state index is 0.0243. The lowest BCUT2D eigenvalue weighted by atomic mass is 10.4. The highest BCUT2D eigenvalue weighted by Gasteiger charge is 1.97. The summed E-state index contributed by atoms with van der Waals surface area (Å²) in [5.74, 6) is 0.0243. The van der Waals surface area contributed by atoms with Gasteiger partial charge in [0.15, 0.2) is 0 Å². The molecule has 0 radical (unpaired) electrons. The predicted octanol–water partition coefficient (Wildman–Crippen LogP) is 1.13. The molecule has 0 aliphatic carbocycles. The van der Waals surface area contributed by atoms with E-state index in [2.05, 4.69) is 10.3 Å². The number of carbonyl (C=O) groups is 1. The Morgan fingerprint density at radius 1 is 1.75 bits per heavy atom. The van der Waals surface area contributed by atoms with Crippen LogP contribution in [-0.2, 0) is 11.2 Å². The van der Waals surface area contributed by atoms with Crippen molar-refractivity contribution in [3.63, 3.8) is 0 Å². The van der Waals surface area contributed by atoms with E-state index in [1.54, 1.807) is 11.3 Å². The van der Waals surface area contributed by atoms with Crippen molar-refractivity contribution in [3.8, 4) is 0 Å². The van der Waals surface area contributed by atoms with Crippen molar-refractivity contribution in [2.75, 3.05) is 6.54 Å². The van der Waals surface area contributed by atoms with Gasteiger partial charge in [-0.05, 0) is 6.92 Å². The smallest absolute Gasteiger partial charge is 0.216 e. The minimum Gasteiger partial charge on any atom is -0.356 e. The van der Waals surface area contributed by atoms with Crippen molar-refractivity contribution < 1.29 is 4.79 Å². The van der Waals surface area contributed by atoms with E-state index < -0.39 is 0 Å². The lowest BCUT2D eigenvalue weighted by Gasteiger charge is -1.97. The molecule has 0 aromatic carbocycles. The molecule has 0 saturated heterocycles. The van der Waals surface area contributed by atoms with E-state index in [0.29, 0.717) is 6.54 Å². The van der Waals surface area contributed by atoms with Crippen molar-refractivity contribution in [1.82, 2.24) is 10.3 Å². The van der Waals surface area contributed by atoms with E-state index in [1.165, 1.54) is 11.8 Å². The molecule has 0 unspecified atom stereocenters. The van der Waals surface area contributed by atoms with Gasteiger partial charge in [-0.2, -0.15) is 0 Å². The Bertz CT molecular complexity index is 270. The first-order valence-electron chi connectivity index (χ1n) is 3.84. The number of aryl methyl sites for hydroxylation is 1. The topological polar surface area (TPSA) is 42.0 Å². The maximum atomic E-state index is 10.5. The number of hydrogen-bond donors (Lipinski definition) is 1. The Morgan fingerprint density at radius 2 is 2.50 bits per heavy atom. The lowest BCUT2D eigenvalue weighted by molar-refractivity contribution is -0.118. The molecule has 0 atom stereocenters. The van der Waals surface area contributed by atoms with Crippen molar-refractivity contribution in [2.24, 2.45) is 0 Å². The second kappa shape index (κ2) is 4.21. The van der Waals surface area contributed by atoms with E-state index >= 15 is 0 Å². The second-order valence-electron chi connectivity index (χ2n) is 2.58. The zero-order chi connectivity index (χ0) is 8.97. The summed E-state index contributed by atoms with van der Waals surface area (Å²) in [6.07, 6.45) is 2.74. The summed E-state index contributed by atoms with van der Waals surface area (Å²) in [7, 11) is 0. The number of thiazole rings is 1. The fraction of sp³-hybridized carbons (Fsp3) is 0.500. The highest BCUT2D eigenvalue weighted by Crippen LogP contribution is 2.11. The summed E-state index contributed by atoms with van der Waals surface area (Å²) < 4.78 is 0. The fourth-order valence-electron chi connectivity index (χ4n) is 0.883. The Balaban J connectivity index is 2.29. The number of aromatic nitrogens is 1. The summed E-state index contributed by atoms with van der Waals surface area (Å²) in [6.45, 7) is 4.21. The first-order valence-corrected chi connectivity index (χ1v) is 4.66. The van der Waals surface area contributed by atoms with Crippen LogP contribution in [0.5, 0.6) is 0 Å². The largest absolute Gasteiger partial charge is 0.356 e. The van der Waals surface area contributed by atoms with Crippen LogP contribution in [0.3, 0.4) is 0 Å². The maximum Gasteiger partial charge on any atom is 0.216 e. The van der Waals surface area contributed by atoms with E-state index in [0.717, 1.165) is 11.4 Å². The van der Waals surface area contributed by atoms with Gasteiger partial charge in [0.05, 0.1) is 5.01 Å². The molecule has 1 rings (SSSR count). The standard InChI is InChI=1S/C8H12N2OS/c1-6(11)9-4-3-8-5-10-7(2)12-8/h5H,3-4H2,1-2H3,(H,9,11). The average molecular weight is 184 g/mol.